The van der Waals surface area contributed by atoms with Crippen molar-refractivity contribution in [3.05, 3.63) is 108 Å². The van der Waals surface area contributed by atoms with Gasteiger partial charge in [-0.3, -0.25) is 4.98 Å². The van der Waals surface area contributed by atoms with Crippen molar-refractivity contribution in [3.63, 3.8) is 0 Å². The summed E-state index contributed by atoms with van der Waals surface area (Å²) in [7, 11) is 0. The first kappa shape index (κ1) is 24.6. The summed E-state index contributed by atoms with van der Waals surface area (Å²) in [5.74, 6) is 0.0821. The van der Waals surface area contributed by atoms with Gasteiger partial charge in [-0.15, -0.1) is 13.2 Å². The first-order chi connectivity index (χ1) is 17.4. The molecule has 3 aromatic carbocycles. The number of nitrogens with zero attached hydrogens (tertiary/aromatic N) is 1. The van der Waals surface area contributed by atoms with Crippen LogP contribution >= 0.6 is 0 Å². The lowest BCUT2D eigenvalue weighted by Gasteiger charge is -2.15. The van der Waals surface area contributed by atoms with Gasteiger partial charge in [-0.05, 0) is 53.1 Å². The number of hydrogen-bond donors (Lipinski definition) is 2. The van der Waals surface area contributed by atoms with Gasteiger partial charge in [0.1, 0.15) is 18.1 Å². The Hall–Kier alpha value is -4.53. The second-order valence-corrected chi connectivity index (χ2v) is 7.73. The van der Waals surface area contributed by atoms with Crippen LogP contribution in [0, 0.1) is 0 Å². The summed E-state index contributed by atoms with van der Waals surface area (Å²) in [4.78, 5) is 16.1. The van der Waals surface area contributed by atoms with Gasteiger partial charge in [0.2, 0.25) is 0 Å². The van der Waals surface area contributed by atoms with E-state index in [0.29, 0.717) is 29.1 Å². The summed E-state index contributed by atoms with van der Waals surface area (Å²) in [5, 5.41) is 5.51. The topological polar surface area (TPSA) is 72.5 Å². The van der Waals surface area contributed by atoms with Gasteiger partial charge in [-0.2, -0.15) is 0 Å². The Morgan fingerprint density at radius 1 is 0.917 bits per heavy atom. The van der Waals surface area contributed by atoms with Crippen molar-refractivity contribution in [2.75, 3.05) is 5.32 Å². The molecule has 0 spiro atoms. The summed E-state index contributed by atoms with van der Waals surface area (Å²) in [6.07, 6.45) is -1.45. The summed E-state index contributed by atoms with van der Waals surface area (Å²) in [6.45, 7) is 0.523. The second kappa shape index (κ2) is 11.3. The summed E-state index contributed by atoms with van der Waals surface area (Å²) in [5.41, 5.74) is 3.46. The van der Waals surface area contributed by atoms with Gasteiger partial charge < -0.3 is 20.1 Å². The molecule has 0 radical (unpaired) electrons. The van der Waals surface area contributed by atoms with Gasteiger partial charge >= 0.3 is 12.4 Å². The smallest absolute Gasteiger partial charge is 0.488 e. The largest absolute Gasteiger partial charge is 0.573 e. The fourth-order valence-electron chi connectivity index (χ4n) is 3.38. The Morgan fingerprint density at radius 2 is 1.69 bits per heavy atom. The van der Waals surface area contributed by atoms with E-state index in [1.807, 2.05) is 12.1 Å². The molecular weight excluding hydrogens is 471 g/mol. The number of anilines is 1. The van der Waals surface area contributed by atoms with Crippen molar-refractivity contribution in [2.45, 2.75) is 19.5 Å². The molecule has 0 fully saturated rings. The molecule has 0 aliphatic heterocycles. The SMILES string of the molecule is O=C(NCc1cccnc1)Nc1ccc(COc2ccc(OC(F)(F)F)cc2-c2ccccc2)cc1.[HH].[HH]. The van der Waals surface area contributed by atoms with E-state index in [2.05, 4.69) is 20.4 Å². The molecule has 4 rings (SSSR count). The Labute approximate surface area is 208 Å². The van der Waals surface area contributed by atoms with Crippen LogP contribution in [0.1, 0.15) is 14.0 Å². The number of urea groups is 1. The van der Waals surface area contributed by atoms with Gasteiger partial charge in [0.25, 0.3) is 0 Å². The average molecular weight is 498 g/mol. The number of aromatic nitrogens is 1. The van der Waals surface area contributed by atoms with E-state index in [9.17, 15) is 18.0 Å². The number of rotatable bonds is 8. The maximum Gasteiger partial charge on any atom is 0.573 e. The van der Waals surface area contributed by atoms with Gasteiger partial charge in [0.15, 0.2) is 0 Å². The molecule has 4 aromatic rings. The number of carbonyl (C=O) groups excluding carboxylic acids is 1. The monoisotopic (exact) mass is 497 g/mol. The first-order valence-electron chi connectivity index (χ1n) is 11.0. The maximum atomic E-state index is 12.7. The highest BCUT2D eigenvalue weighted by molar-refractivity contribution is 5.89. The maximum absolute atomic E-state index is 12.7. The predicted molar refractivity (Wildman–Crippen MR) is 134 cm³/mol. The van der Waals surface area contributed by atoms with E-state index in [1.54, 1.807) is 67.0 Å². The van der Waals surface area contributed by atoms with E-state index < -0.39 is 6.36 Å². The minimum atomic E-state index is -4.79. The zero-order valence-corrected chi connectivity index (χ0v) is 19.0. The summed E-state index contributed by atoms with van der Waals surface area (Å²) in [6, 6.07) is 23.3. The molecule has 2 N–H and O–H groups in total. The van der Waals surface area contributed by atoms with Crippen molar-refractivity contribution in [3.8, 4) is 22.6 Å². The molecule has 188 valence electrons. The normalized spacial score (nSPS) is 11.0. The lowest BCUT2D eigenvalue weighted by molar-refractivity contribution is -0.274. The second-order valence-electron chi connectivity index (χ2n) is 7.73. The Bertz CT molecular complexity index is 1290. The van der Waals surface area contributed by atoms with Crippen molar-refractivity contribution in [1.82, 2.24) is 10.3 Å². The molecule has 0 unspecified atom stereocenters. The molecule has 36 heavy (non-hydrogen) atoms. The molecular formula is C27H26F3N3O3. The van der Waals surface area contributed by atoms with Crippen molar-refractivity contribution in [2.24, 2.45) is 0 Å². The third-order valence-corrected chi connectivity index (χ3v) is 5.05. The molecule has 0 bridgehead atoms. The third kappa shape index (κ3) is 7.23. The zero-order valence-electron chi connectivity index (χ0n) is 19.0. The lowest BCUT2D eigenvalue weighted by atomic mass is 10.0. The van der Waals surface area contributed by atoms with Crippen LogP contribution in [-0.4, -0.2) is 17.4 Å². The Balaban J connectivity index is 0.00000253. The first-order valence-corrected chi connectivity index (χ1v) is 11.0. The number of carbonyl (C=O) groups is 1. The van der Waals surface area contributed by atoms with Crippen LogP contribution in [0.25, 0.3) is 11.1 Å². The number of amides is 2. The number of hydrogen-bond acceptors (Lipinski definition) is 4. The quantitative estimate of drug-likeness (QED) is 0.274. The lowest BCUT2D eigenvalue weighted by Crippen LogP contribution is -2.28. The van der Waals surface area contributed by atoms with Crippen molar-refractivity contribution >= 4 is 11.7 Å². The number of alkyl halides is 3. The van der Waals surface area contributed by atoms with Crippen LogP contribution in [0.4, 0.5) is 23.7 Å². The van der Waals surface area contributed by atoms with Crippen LogP contribution in [0.5, 0.6) is 11.5 Å². The number of nitrogens with one attached hydrogen (secondary N) is 2. The van der Waals surface area contributed by atoms with E-state index in [-0.39, 0.29) is 21.2 Å². The molecule has 0 saturated carbocycles. The zero-order chi connectivity index (χ0) is 25.4. The number of halogens is 3. The average Bonchev–Trinajstić information content (AvgIpc) is 2.88. The molecule has 0 aliphatic carbocycles. The highest BCUT2D eigenvalue weighted by Gasteiger charge is 2.31. The molecule has 6 nitrogen and oxygen atoms in total. The van der Waals surface area contributed by atoms with Crippen LogP contribution in [0.2, 0.25) is 0 Å². The number of ether oxygens (including phenoxy) is 2. The predicted octanol–water partition coefficient (Wildman–Crippen LogP) is 7.04. The molecule has 0 atom stereocenters. The van der Waals surface area contributed by atoms with Crippen LogP contribution in [0.15, 0.2) is 97.3 Å². The minimum Gasteiger partial charge on any atom is -0.488 e. The van der Waals surface area contributed by atoms with Crippen LogP contribution in [0.3, 0.4) is 0 Å². The van der Waals surface area contributed by atoms with E-state index in [4.69, 9.17) is 4.74 Å². The molecule has 9 heteroatoms. The van der Waals surface area contributed by atoms with Crippen molar-refractivity contribution < 1.29 is 30.3 Å². The molecule has 2 amide bonds. The van der Waals surface area contributed by atoms with Gasteiger partial charge in [-0.1, -0.05) is 48.5 Å². The molecule has 1 heterocycles. The standard InChI is InChI=1S/C27H22F3N3O3.2H2/c28-27(29,30)36-23-12-13-25(24(15-23)21-6-2-1-3-7-21)35-18-19-8-10-22(11-9-19)33-26(34)32-17-20-5-4-14-31-16-20;;/h1-16H,17-18H2,(H2,32,33,34);2*1H. The van der Waals surface area contributed by atoms with E-state index in [1.165, 1.54) is 18.2 Å². The molecule has 0 saturated heterocycles. The Kier molecular flexibility index (Phi) is 7.69. The highest BCUT2D eigenvalue weighted by atomic mass is 19.4. The Morgan fingerprint density at radius 3 is 2.39 bits per heavy atom. The van der Waals surface area contributed by atoms with E-state index >= 15 is 0 Å². The molecule has 1 aromatic heterocycles. The fourth-order valence-corrected chi connectivity index (χ4v) is 3.38. The van der Waals surface area contributed by atoms with Gasteiger partial charge in [-0.25, -0.2) is 4.79 Å². The van der Waals surface area contributed by atoms with Gasteiger partial charge in [0.05, 0.1) is 0 Å². The van der Waals surface area contributed by atoms with Crippen LogP contribution in [-0.2, 0) is 13.2 Å². The highest BCUT2D eigenvalue weighted by Crippen LogP contribution is 2.35. The van der Waals surface area contributed by atoms with Gasteiger partial charge in [0, 0.05) is 33.0 Å². The van der Waals surface area contributed by atoms with Crippen molar-refractivity contribution in [1.29, 1.82) is 0 Å². The summed E-state index contributed by atoms with van der Waals surface area (Å²) < 4.78 is 48.1. The van der Waals surface area contributed by atoms with Crippen LogP contribution < -0.4 is 20.1 Å². The molecule has 0 aliphatic rings. The number of pyridine rings is 1. The van der Waals surface area contributed by atoms with E-state index in [0.717, 1.165) is 11.1 Å². The fraction of sp³-hybridized carbons (Fsp3) is 0.111. The number of benzene rings is 3. The minimum absolute atomic E-state index is 0. The third-order valence-electron chi connectivity index (χ3n) is 5.05. The summed E-state index contributed by atoms with van der Waals surface area (Å²) >= 11 is 0.